The topological polar surface area (TPSA) is 64.1 Å². The molecule has 1 aliphatic rings. The van der Waals surface area contributed by atoms with Crippen LogP contribution in [0.2, 0.25) is 0 Å². The molecule has 0 unspecified atom stereocenters. The minimum absolute atomic E-state index is 0.0275. The molecule has 1 fully saturated rings. The molecular weight excluding hydrogens is 450 g/mol. The molecular formula is C26H31N3O4S. The molecule has 0 bridgehead atoms. The molecule has 3 aromatic rings. The van der Waals surface area contributed by atoms with Gasteiger partial charge in [0.2, 0.25) is 0 Å². The van der Waals surface area contributed by atoms with E-state index in [2.05, 4.69) is 10.3 Å². The van der Waals surface area contributed by atoms with E-state index >= 15 is 0 Å². The first-order valence-electron chi connectivity index (χ1n) is 11.6. The smallest absolute Gasteiger partial charge is 0.254 e. The van der Waals surface area contributed by atoms with Crippen molar-refractivity contribution in [3.8, 4) is 28.5 Å². The predicted molar refractivity (Wildman–Crippen MR) is 134 cm³/mol. The average Bonchev–Trinajstić information content (AvgIpc) is 3.34. The fourth-order valence-electron chi connectivity index (χ4n) is 3.94. The molecule has 8 heteroatoms. The molecule has 0 aliphatic carbocycles. The van der Waals surface area contributed by atoms with Gasteiger partial charge in [-0.15, -0.1) is 11.3 Å². The van der Waals surface area contributed by atoms with Crippen molar-refractivity contribution in [1.29, 1.82) is 0 Å². The molecule has 1 amide bonds. The standard InChI is InChI=1S/C26H31N3O4S/c1-4-32-23-11-8-20(16-24(23)33-5-2)26(30)29-14-12-28(13-15-29)17-25-27-22(18-34-25)19-6-9-21(31-3)10-7-19/h6-11,16,18H,4-5,12-15,17H2,1-3H3. The van der Waals surface area contributed by atoms with Crippen molar-refractivity contribution >= 4 is 17.2 Å². The van der Waals surface area contributed by atoms with E-state index in [1.165, 1.54) is 0 Å². The number of hydrogen-bond acceptors (Lipinski definition) is 7. The summed E-state index contributed by atoms with van der Waals surface area (Å²) in [6.45, 7) is 8.73. The number of benzene rings is 2. The van der Waals surface area contributed by atoms with Crippen LogP contribution in [0.25, 0.3) is 11.3 Å². The number of ether oxygens (including phenoxy) is 3. The van der Waals surface area contributed by atoms with Gasteiger partial charge in [0.05, 0.1) is 32.6 Å². The third kappa shape index (κ3) is 5.69. The summed E-state index contributed by atoms with van der Waals surface area (Å²) in [5.41, 5.74) is 2.70. The van der Waals surface area contributed by atoms with Gasteiger partial charge in [-0.25, -0.2) is 4.98 Å². The first-order chi connectivity index (χ1) is 16.6. The lowest BCUT2D eigenvalue weighted by atomic mass is 10.1. The molecule has 7 nitrogen and oxygen atoms in total. The largest absolute Gasteiger partial charge is 0.497 e. The summed E-state index contributed by atoms with van der Waals surface area (Å²) in [6, 6.07) is 13.4. The Morgan fingerprint density at radius 3 is 2.35 bits per heavy atom. The Morgan fingerprint density at radius 2 is 1.68 bits per heavy atom. The second-order valence-corrected chi connectivity index (χ2v) is 8.89. The Morgan fingerprint density at radius 1 is 0.971 bits per heavy atom. The highest BCUT2D eigenvalue weighted by Gasteiger charge is 2.24. The van der Waals surface area contributed by atoms with Crippen LogP contribution in [0.5, 0.6) is 17.2 Å². The lowest BCUT2D eigenvalue weighted by Crippen LogP contribution is -2.48. The first kappa shape index (κ1) is 24.0. The number of amides is 1. The summed E-state index contributed by atoms with van der Waals surface area (Å²) in [5.74, 6) is 2.15. The summed E-state index contributed by atoms with van der Waals surface area (Å²) in [7, 11) is 1.67. The van der Waals surface area contributed by atoms with Crippen LogP contribution in [-0.2, 0) is 6.54 Å². The van der Waals surface area contributed by atoms with Crippen LogP contribution in [0.15, 0.2) is 47.8 Å². The van der Waals surface area contributed by atoms with Crippen LogP contribution in [-0.4, -0.2) is 67.2 Å². The zero-order valence-electron chi connectivity index (χ0n) is 20.0. The summed E-state index contributed by atoms with van der Waals surface area (Å²) in [5, 5.41) is 3.18. The Bertz CT molecular complexity index is 1090. The molecule has 1 aromatic heterocycles. The first-order valence-corrected chi connectivity index (χ1v) is 12.5. The van der Waals surface area contributed by atoms with Crippen LogP contribution >= 0.6 is 11.3 Å². The molecule has 180 valence electrons. The highest BCUT2D eigenvalue weighted by Crippen LogP contribution is 2.29. The molecule has 0 spiro atoms. The van der Waals surface area contributed by atoms with Crippen molar-refractivity contribution in [2.45, 2.75) is 20.4 Å². The molecule has 2 aromatic carbocycles. The van der Waals surface area contributed by atoms with Gasteiger partial charge in [0.25, 0.3) is 5.91 Å². The van der Waals surface area contributed by atoms with Gasteiger partial charge in [0.1, 0.15) is 10.8 Å². The van der Waals surface area contributed by atoms with Gasteiger partial charge in [-0.2, -0.15) is 0 Å². The molecule has 0 N–H and O–H groups in total. The lowest BCUT2D eigenvalue weighted by Gasteiger charge is -2.34. The average molecular weight is 482 g/mol. The van der Waals surface area contributed by atoms with Crippen LogP contribution in [0.4, 0.5) is 0 Å². The van der Waals surface area contributed by atoms with Gasteiger partial charge in [-0.1, -0.05) is 0 Å². The van der Waals surface area contributed by atoms with Crippen LogP contribution in [0.3, 0.4) is 0 Å². The van der Waals surface area contributed by atoms with Crippen molar-refractivity contribution in [3.05, 3.63) is 58.4 Å². The van der Waals surface area contributed by atoms with Crippen LogP contribution in [0.1, 0.15) is 29.2 Å². The van der Waals surface area contributed by atoms with Crippen molar-refractivity contribution in [3.63, 3.8) is 0 Å². The third-order valence-corrected chi connectivity index (χ3v) is 6.58. The van der Waals surface area contributed by atoms with E-state index in [4.69, 9.17) is 19.2 Å². The number of carbonyl (C=O) groups excluding carboxylic acids is 1. The van der Waals surface area contributed by atoms with E-state index in [0.29, 0.717) is 43.4 Å². The van der Waals surface area contributed by atoms with Gasteiger partial charge in [-0.3, -0.25) is 9.69 Å². The maximum Gasteiger partial charge on any atom is 0.254 e. The molecule has 0 radical (unpaired) electrons. The van der Waals surface area contributed by atoms with E-state index in [1.54, 1.807) is 24.5 Å². The number of rotatable bonds is 9. The number of carbonyl (C=O) groups is 1. The molecule has 1 aliphatic heterocycles. The second kappa shape index (κ2) is 11.4. The maximum absolute atomic E-state index is 13.1. The summed E-state index contributed by atoms with van der Waals surface area (Å²) in [6.07, 6.45) is 0. The Labute approximate surface area is 204 Å². The van der Waals surface area contributed by atoms with E-state index in [9.17, 15) is 4.79 Å². The van der Waals surface area contributed by atoms with E-state index in [-0.39, 0.29) is 5.91 Å². The number of piperazine rings is 1. The SMILES string of the molecule is CCOc1ccc(C(=O)N2CCN(Cc3nc(-c4ccc(OC)cc4)cs3)CC2)cc1OCC. The molecule has 0 saturated carbocycles. The maximum atomic E-state index is 13.1. The van der Waals surface area contributed by atoms with Gasteiger partial charge in [-0.05, 0) is 56.3 Å². The number of nitrogens with zero attached hydrogens (tertiary/aromatic N) is 3. The number of methoxy groups -OCH3 is 1. The summed E-state index contributed by atoms with van der Waals surface area (Å²) >= 11 is 1.67. The zero-order chi connectivity index (χ0) is 23.9. The van der Waals surface area contributed by atoms with Crippen molar-refractivity contribution < 1.29 is 19.0 Å². The number of aromatic nitrogens is 1. The number of thiazole rings is 1. The minimum atomic E-state index is 0.0275. The van der Waals surface area contributed by atoms with Crippen LogP contribution in [0, 0.1) is 0 Å². The Balaban J connectivity index is 1.33. The van der Waals surface area contributed by atoms with Gasteiger partial charge in [0.15, 0.2) is 11.5 Å². The van der Waals surface area contributed by atoms with Crippen molar-refractivity contribution in [2.24, 2.45) is 0 Å². The summed E-state index contributed by atoms with van der Waals surface area (Å²) in [4.78, 5) is 22.2. The predicted octanol–water partition coefficient (Wildman–Crippen LogP) is 4.57. The zero-order valence-corrected chi connectivity index (χ0v) is 20.8. The summed E-state index contributed by atoms with van der Waals surface area (Å²) < 4.78 is 16.5. The highest BCUT2D eigenvalue weighted by atomic mass is 32.1. The van der Waals surface area contributed by atoms with Crippen LogP contribution < -0.4 is 14.2 Å². The Kier molecular flexibility index (Phi) is 8.03. The van der Waals surface area contributed by atoms with Crippen molar-refractivity contribution in [2.75, 3.05) is 46.5 Å². The van der Waals surface area contributed by atoms with Gasteiger partial charge < -0.3 is 19.1 Å². The minimum Gasteiger partial charge on any atom is -0.497 e. The molecule has 1 saturated heterocycles. The van der Waals surface area contributed by atoms with Gasteiger partial charge in [0, 0.05) is 42.7 Å². The van der Waals surface area contributed by atoms with Crippen molar-refractivity contribution in [1.82, 2.24) is 14.8 Å². The highest BCUT2D eigenvalue weighted by molar-refractivity contribution is 7.09. The van der Waals surface area contributed by atoms with E-state index in [0.717, 1.165) is 41.6 Å². The molecule has 0 atom stereocenters. The number of hydrogen-bond donors (Lipinski definition) is 0. The normalized spacial score (nSPS) is 14.1. The quantitative estimate of drug-likeness (QED) is 0.446. The third-order valence-electron chi connectivity index (χ3n) is 5.75. The lowest BCUT2D eigenvalue weighted by molar-refractivity contribution is 0.0628. The molecule has 34 heavy (non-hydrogen) atoms. The Hall–Kier alpha value is -3.10. The second-order valence-electron chi connectivity index (χ2n) is 7.95. The van der Waals surface area contributed by atoms with E-state index in [1.807, 2.05) is 55.1 Å². The fraction of sp³-hybridized carbons (Fsp3) is 0.385. The molecule has 2 heterocycles. The monoisotopic (exact) mass is 481 g/mol. The van der Waals surface area contributed by atoms with Gasteiger partial charge >= 0.3 is 0 Å². The fourth-order valence-corrected chi connectivity index (χ4v) is 4.79. The molecule has 4 rings (SSSR count). The van der Waals surface area contributed by atoms with E-state index < -0.39 is 0 Å².